The number of nitrogens with zero attached hydrogens (tertiary/aromatic N) is 2. The summed E-state index contributed by atoms with van der Waals surface area (Å²) >= 11 is 0. The number of amides is 1. The Kier molecular flexibility index (Phi) is 6.23. The molecule has 1 aliphatic rings. The van der Waals surface area contributed by atoms with Gasteiger partial charge in [-0.3, -0.25) is 9.59 Å². The van der Waals surface area contributed by atoms with Gasteiger partial charge in [0, 0.05) is 36.8 Å². The molecule has 0 radical (unpaired) electrons. The van der Waals surface area contributed by atoms with Crippen LogP contribution in [0.25, 0.3) is 11.3 Å². The van der Waals surface area contributed by atoms with Gasteiger partial charge in [-0.05, 0) is 36.6 Å². The van der Waals surface area contributed by atoms with Gasteiger partial charge in [-0.2, -0.15) is 5.10 Å². The Labute approximate surface area is 179 Å². The summed E-state index contributed by atoms with van der Waals surface area (Å²) in [5.74, 6) is -0.620. The van der Waals surface area contributed by atoms with E-state index in [2.05, 4.69) is 10.4 Å². The average molecular weight is 421 g/mol. The lowest BCUT2D eigenvalue weighted by Gasteiger charge is -2.38. The van der Waals surface area contributed by atoms with Crippen molar-refractivity contribution in [3.8, 4) is 11.3 Å². The Hall–Kier alpha value is -3.32. The zero-order valence-corrected chi connectivity index (χ0v) is 17.1. The summed E-state index contributed by atoms with van der Waals surface area (Å²) in [5.41, 5.74) is 1.58. The minimum Gasteiger partial charge on any atom is -0.381 e. The largest absolute Gasteiger partial charge is 0.381 e. The smallest absolute Gasteiger partial charge is 0.267 e. The van der Waals surface area contributed by atoms with Gasteiger partial charge in [0.25, 0.3) is 5.56 Å². The van der Waals surface area contributed by atoms with Crippen LogP contribution >= 0.6 is 0 Å². The normalized spacial score (nSPS) is 15.4. The second-order valence-corrected chi connectivity index (χ2v) is 7.76. The van der Waals surface area contributed by atoms with E-state index in [1.165, 1.54) is 18.2 Å². The lowest BCUT2D eigenvalue weighted by atomic mass is 9.74. The molecular formula is C24H24FN3O3. The molecule has 6 nitrogen and oxygen atoms in total. The van der Waals surface area contributed by atoms with Gasteiger partial charge in [-0.15, -0.1) is 0 Å². The van der Waals surface area contributed by atoms with Crippen molar-refractivity contribution in [1.82, 2.24) is 15.1 Å². The minimum atomic E-state index is -0.402. The first kappa shape index (κ1) is 20.9. The van der Waals surface area contributed by atoms with E-state index in [0.717, 1.165) is 15.8 Å². The van der Waals surface area contributed by atoms with Crippen LogP contribution in [0.1, 0.15) is 18.4 Å². The summed E-state index contributed by atoms with van der Waals surface area (Å²) in [6, 6.07) is 19.0. The molecule has 0 spiro atoms. The van der Waals surface area contributed by atoms with Crippen LogP contribution < -0.4 is 10.9 Å². The van der Waals surface area contributed by atoms with Crippen LogP contribution in [0.5, 0.6) is 0 Å². The molecule has 1 amide bonds. The SMILES string of the molecule is O=C(Cn1nc(-c2ccccc2)ccc1=O)NCC1(c2cccc(F)c2)CCOCC1. The number of rotatable bonds is 6. The van der Waals surface area contributed by atoms with E-state index in [1.54, 1.807) is 12.1 Å². The molecule has 0 bridgehead atoms. The quantitative estimate of drug-likeness (QED) is 0.664. The Morgan fingerprint density at radius 3 is 2.58 bits per heavy atom. The predicted molar refractivity (Wildman–Crippen MR) is 115 cm³/mol. The molecule has 2 heterocycles. The first-order valence-corrected chi connectivity index (χ1v) is 10.3. The molecular weight excluding hydrogens is 397 g/mol. The lowest BCUT2D eigenvalue weighted by molar-refractivity contribution is -0.122. The van der Waals surface area contributed by atoms with Crippen molar-refractivity contribution in [3.05, 3.63) is 88.5 Å². The van der Waals surface area contributed by atoms with Crippen molar-refractivity contribution in [2.45, 2.75) is 24.8 Å². The maximum atomic E-state index is 13.8. The molecule has 4 rings (SSSR count). The van der Waals surface area contributed by atoms with Crippen molar-refractivity contribution in [2.75, 3.05) is 19.8 Å². The van der Waals surface area contributed by atoms with Crippen LogP contribution in [0.15, 0.2) is 71.5 Å². The second kappa shape index (κ2) is 9.22. The van der Waals surface area contributed by atoms with E-state index in [-0.39, 0.29) is 23.8 Å². The number of halogens is 1. The Bertz CT molecular complexity index is 1110. The van der Waals surface area contributed by atoms with Gasteiger partial charge in [0.05, 0.1) is 5.69 Å². The molecule has 2 aromatic carbocycles. The molecule has 0 atom stereocenters. The molecule has 0 unspecified atom stereocenters. The number of nitrogens with one attached hydrogen (secondary N) is 1. The third kappa shape index (κ3) is 4.88. The van der Waals surface area contributed by atoms with Crippen LogP contribution in [0.3, 0.4) is 0 Å². The fourth-order valence-corrected chi connectivity index (χ4v) is 3.93. The van der Waals surface area contributed by atoms with E-state index < -0.39 is 5.41 Å². The summed E-state index contributed by atoms with van der Waals surface area (Å²) in [6.07, 6.45) is 1.36. The van der Waals surface area contributed by atoms with Crippen LogP contribution in [-0.2, 0) is 21.5 Å². The maximum Gasteiger partial charge on any atom is 0.267 e. The van der Waals surface area contributed by atoms with Gasteiger partial charge in [0.2, 0.25) is 5.91 Å². The third-order valence-corrected chi connectivity index (χ3v) is 5.74. The molecule has 1 N–H and O–H groups in total. The molecule has 0 saturated carbocycles. The maximum absolute atomic E-state index is 13.8. The number of benzene rings is 2. The average Bonchev–Trinajstić information content (AvgIpc) is 2.80. The second-order valence-electron chi connectivity index (χ2n) is 7.76. The number of hydrogen-bond acceptors (Lipinski definition) is 4. The first-order chi connectivity index (χ1) is 15.1. The Morgan fingerprint density at radius 1 is 1.06 bits per heavy atom. The third-order valence-electron chi connectivity index (χ3n) is 5.74. The van der Waals surface area contributed by atoms with Crippen LogP contribution in [0.4, 0.5) is 4.39 Å². The van der Waals surface area contributed by atoms with Crippen molar-refractivity contribution in [1.29, 1.82) is 0 Å². The fraction of sp³-hybridized carbons (Fsp3) is 0.292. The van der Waals surface area contributed by atoms with Crippen molar-refractivity contribution >= 4 is 5.91 Å². The van der Waals surface area contributed by atoms with Gasteiger partial charge in [-0.1, -0.05) is 42.5 Å². The van der Waals surface area contributed by atoms with E-state index in [9.17, 15) is 14.0 Å². The van der Waals surface area contributed by atoms with Gasteiger partial charge in [0.15, 0.2) is 0 Å². The number of hydrogen-bond donors (Lipinski definition) is 1. The summed E-state index contributed by atoms with van der Waals surface area (Å²) in [5, 5.41) is 7.27. The monoisotopic (exact) mass is 421 g/mol. The molecule has 3 aromatic rings. The van der Waals surface area contributed by atoms with Gasteiger partial charge >= 0.3 is 0 Å². The number of ether oxygens (including phenoxy) is 1. The Balaban J connectivity index is 1.49. The topological polar surface area (TPSA) is 73.2 Å². The van der Waals surface area contributed by atoms with Crippen molar-refractivity contribution in [2.24, 2.45) is 0 Å². The molecule has 1 saturated heterocycles. The highest BCUT2D eigenvalue weighted by molar-refractivity contribution is 5.75. The summed E-state index contributed by atoms with van der Waals surface area (Å²) in [6.45, 7) is 1.25. The highest BCUT2D eigenvalue weighted by Crippen LogP contribution is 2.34. The molecule has 1 aliphatic heterocycles. The van der Waals surface area contributed by atoms with E-state index in [1.807, 2.05) is 36.4 Å². The zero-order valence-electron chi connectivity index (χ0n) is 17.1. The van der Waals surface area contributed by atoms with Crippen molar-refractivity contribution < 1.29 is 13.9 Å². The highest BCUT2D eigenvalue weighted by atomic mass is 19.1. The van der Waals surface area contributed by atoms with Crippen LogP contribution in [0.2, 0.25) is 0 Å². The van der Waals surface area contributed by atoms with E-state index in [4.69, 9.17) is 4.74 Å². The standard InChI is InChI=1S/C24H24FN3O3/c25-20-8-4-7-19(15-20)24(11-13-31-14-12-24)17-26-22(29)16-28-23(30)10-9-21(27-28)18-5-2-1-3-6-18/h1-10,15H,11-14,16-17H2,(H,26,29). The lowest BCUT2D eigenvalue weighted by Crippen LogP contribution is -2.46. The summed E-state index contributed by atoms with van der Waals surface area (Å²) in [7, 11) is 0. The van der Waals surface area contributed by atoms with Gasteiger partial charge in [-0.25, -0.2) is 9.07 Å². The van der Waals surface area contributed by atoms with E-state index >= 15 is 0 Å². The number of carbonyl (C=O) groups excluding carboxylic acids is 1. The molecule has 160 valence electrons. The van der Waals surface area contributed by atoms with Crippen LogP contribution in [0, 0.1) is 5.82 Å². The van der Waals surface area contributed by atoms with Crippen molar-refractivity contribution in [3.63, 3.8) is 0 Å². The number of aromatic nitrogens is 2. The van der Waals surface area contributed by atoms with E-state index in [0.29, 0.717) is 38.3 Å². The first-order valence-electron chi connectivity index (χ1n) is 10.3. The minimum absolute atomic E-state index is 0.185. The zero-order chi connectivity index (χ0) is 21.7. The van der Waals surface area contributed by atoms with Gasteiger partial charge in [0.1, 0.15) is 12.4 Å². The molecule has 31 heavy (non-hydrogen) atoms. The summed E-state index contributed by atoms with van der Waals surface area (Å²) in [4.78, 5) is 24.9. The van der Waals surface area contributed by atoms with Gasteiger partial charge < -0.3 is 10.1 Å². The molecule has 1 aromatic heterocycles. The molecule has 0 aliphatic carbocycles. The number of carbonyl (C=O) groups is 1. The predicted octanol–water partition coefficient (Wildman–Crippen LogP) is 2.91. The molecule has 7 heteroatoms. The molecule has 1 fully saturated rings. The highest BCUT2D eigenvalue weighted by Gasteiger charge is 2.35. The Morgan fingerprint density at radius 2 is 1.84 bits per heavy atom. The fourth-order valence-electron chi connectivity index (χ4n) is 3.93. The summed E-state index contributed by atoms with van der Waals surface area (Å²) < 4.78 is 20.5. The van der Waals surface area contributed by atoms with Crippen LogP contribution in [-0.4, -0.2) is 35.4 Å².